The monoisotopic (exact) mass is 279 g/mol. The molecule has 0 amide bonds. The smallest absolute Gasteiger partial charge is 0.256 e. The highest BCUT2D eigenvalue weighted by Crippen LogP contribution is 2.32. The largest absolute Gasteiger partial charge is 0.364 e. The lowest BCUT2D eigenvalue weighted by Gasteiger charge is -2.07. The van der Waals surface area contributed by atoms with Crippen LogP contribution < -0.4 is 5.73 Å². The Balaban J connectivity index is 1.80. The van der Waals surface area contributed by atoms with Gasteiger partial charge in [-0.25, -0.2) is 0 Å². The van der Waals surface area contributed by atoms with Crippen LogP contribution in [0.15, 0.2) is 28.8 Å². The van der Waals surface area contributed by atoms with Gasteiger partial charge in [0.15, 0.2) is 0 Å². The number of aromatic nitrogens is 2. The van der Waals surface area contributed by atoms with Gasteiger partial charge in [-0.15, -0.1) is 0 Å². The Kier molecular flexibility index (Phi) is 3.50. The van der Waals surface area contributed by atoms with Crippen molar-refractivity contribution in [2.75, 3.05) is 6.54 Å². The minimum absolute atomic E-state index is 0.0894. The maximum Gasteiger partial charge on any atom is 0.256 e. The van der Waals surface area contributed by atoms with Crippen LogP contribution in [0.2, 0.25) is 5.02 Å². The number of hydrogen-bond donors (Lipinski definition) is 1. The Labute approximate surface area is 115 Å². The molecule has 0 radical (unpaired) electrons. The fraction of sp³-hybridized carbons (Fsp3) is 0.385. The SMILES string of the molecule is NCC1CCC(c2nc(-c3cccc(Cl)c3)no2)O1. The molecule has 2 atom stereocenters. The van der Waals surface area contributed by atoms with Gasteiger partial charge in [0.2, 0.25) is 5.82 Å². The minimum Gasteiger partial charge on any atom is -0.364 e. The van der Waals surface area contributed by atoms with Gasteiger partial charge in [-0.05, 0) is 25.0 Å². The van der Waals surface area contributed by atoms with Crippen LogP contribution in [-0.2, 0) is 4.74 Å². The number of nitrogens with zero attached hydrogens (tertiary/aromatic N) is 2. The van der Waals surface area contributed by atoms with E-state index in [9.17, 15) is 0 Å². The summed E-state index contributed by atoms with van der Waals surface area (Å²) < 4.78 is 11.0. The molecule has 6 heteroatoms. The van der Waals surface area contributed by atoms with Crippen molar-refractivity contribution in [2.45, 2.75) is 25.0 Å². The van der Waals surface area contributed by atoms with Crippen molar-refractivity contribution in [1.82, 2.24) is 10.1 Å². The van der Waals surface area contributed by atoms with E-state index in [4.69, 9.17) is 26.6 Å². The number of benzene rings is 1. The van der Waals surface area contributed by atoms with Gasteiger partial charge in [-0.3, -0.25) is 0 Å². The molecule has 2 aromatic rings. The van der Waals surface area contributed by atoms with Gasteiger partial charge in [0, 0.05) is 17.1 Å². The zero-order valence-electron chi connectivity index (χ0n) is 10.3. The number of hydrogen-bond acceptors (Lipinski definition) is 5. The fourth-order valence-corrected chi connectivity index (χ4v) is 2.36. The highest BCUT2D eigenvalue weighted by atomic mass is 35.5. The quantitative estimate of drug-likeness (QED) is 0.935. The second-order valence-corrected chi connectivity index (χ2v) is 4.96. The molecule has 1 aromatic carbocycles. The van der Waals surface area contributed by atoms with Crippen molar-refractivity contribution in [3.05, 3.63) is 35.2 Å². The lowest BCUT2D eigenvalue weighted by Crippen LogP contribution is -2.18. The van der Waals surface area contributed by atoms with Crippen LogP contribution in [-0.4, -0.2) is 22.8 Å². The average Bonchev–Trinajstić information content (AvgIpc) is 3.07. The number of halogens is 1. The van der Waals surface area contributed by atoms with Crippen LogP contribution in [0, 0.1) is 0 Å². The summed E-state index contributed by atoms with van der Waals surface area (Å²) in [5, 5.41) is 4.61. The van der Waals surface area contributed by atoms with Gasteiger partial charge in [-0.1, -0.05) is 28.9 Å². The lowest BCUT2D eigenvalue weighted by atomic mass is 10.2. The second kappa shape index (κ2) is 5.28. The topological polar surface area (TPSA) is 74.2 Å². The molecule has 0 spiro atoms. The second-order valence-electron chi connectivity index (χ2n) is 4.53. The van der Waals surface area contributed by atoms with Crippen molar-refractivity contribution in [3.8, 4) is 11.4 Å². The van der Waals surface area contributed by atoms with Gasteiger partial charge >= 0.3 is 0 Å². The Bertz CT molecular complexity index is 573. The number of nitrogens with two attached hydrogens (primary N) is 1. The molecular formula is C13H14ClN3O2. The van der Waals surface area contributed by atoms with Crippen LogP contribution in [0.25, 0.3) is 11.4 Å². The maximum atomic E-state index is 5.94. The predicted molar refractivity (Wildman–Crippen MR) is 70.6 cm³/mol. The summed E-state index contributed by atoms with van der Waals surface area (Å²) in [6.45, 7) is 0.520. The van der Waals surface area contributed by atoms with Crippen molar-refractivity contribution >= 4 is 11.6 Å². The highest BCUT2D eigenvalue weighted by Gasteiger charge is 2.30. The van der Waals surface area contributed by atoms with E-state index in [1.807, 2.05) is 12.1 Å². The zero-order chi connectivity index (χ0) is 13.2. The molecule has 2 N–H and O–H groups in total. The van der Waals surface area contributed by atoms with Crippen LogP contribution in [0.1, 0.15) is 24.8 Å². The summed E-state index contributed by atoms with van der Waals surface area (Å²) in [5.74, 6) is 1.03. The molecule has 19 heavy (non-hydrogen) atoms. The maximum absolute atomic E-state index is 5.94. The van der Waals surface area contributed by atoms with Crippen LogP contribution >= 0.6 is 11.6 Å². The van der Waals surface area contributed by atoms with E-state index in [0.29, 0.717) is 23.3 Å². The number of rotatable bonds is 3. The van der Waals surface area contributed by atoms with Crippen LogP contribution in [0.3, 0.4) is 0 Å². The molecule has 1 fully saturated rings. The summed E-state index contributed by atoms with van der Waals surface area (Å²) >= 11 is 5.94. The minimum atomic E-state index is -0.144. The van der Waals surface area contributed by atoms with Crippen LogP contribution in [0.4, 0.5) is 0 Å². The normalized spacial score (nSPS) is 22.8. The van der Waals surface area contributed by atoms with Crippen molar-refractivity contribution in [1.29, 1.82) is 0 Å². The summed E-state index contributed by atoms with van der Waals surface area (Å²) in [4.78, 5) is 4.37. The first-order chi connectivity index (χ1) is 9.26. The van der Waals surface area contributed by atoms with Gasteiger partial charge in [0.05, 0.1) is 6.10 Å². The zero-order valence-corrected chi connectivity index (χ0v) is 11.0. The molecule has 0 aliphatic carbocycles. The van der Waals surface area contributed by atoms with Crippen molar-refractivity contribution in [2.24, 2.45) is 5.73 Å². The van der Waals surface area contributed by atoms with Crippen molar-refractivity contribution in [3.63, 3.8) is 0 Å². The Morgan fingerprint density at radius 1 is 1.37 bits per heavy atom. The molecule has 1 aromatic heterocycles. The summed E-state index contributed by atoms with van der Waals surface area (Å²) in [6.07, 6.45) is 1.73. The van der Waals surface area contributed by atoms with Gasteiger partial charge in [0.25, 0.3) is 5.89 Å². The molecule has 0 bridgehead atoms. The molecule has 2 unspecified atom stereocenters. The molecule has 1 aliphatic rings. The van der Waals surface area contributed by atoms with E-state index in [1.54, 1.807) is 12.1 Å². The van der Waals surface area contributed by atoms with Gasteiger partial charge in [0.1, 0.15) is 6.10 Å². The summed E-state index contributed by atoms with van der Waals surface area (Å²) in [7, 11) is 0. The molecule has 1 aliphatic heterocycles. The number of ether oxygens (including phenoxy) is 1. The average molecular weight is 280 g/mol. The molecule has 100 valence electrons. The van der Waals surface area contributed by atoms with E-state index in [2.05, 4.69) is 10.1 Å². The van der Waals surface area contributed by atoms with E-state index < -0.39 is 0 Å². The van der Waals surface area contributed by atoms with E-state index in [-0.39, 0.29) is 12.2 Å². The fourth-order valence-electron chi connectivity index (χ4n) is 2.17. The Hall–Kier alpha value is -1.43. The molecule has 5 nitrogen and oxygen atoms in total. The predicted octanol–water partition coefficient (Wildman–Crippen LogP) is 2.57. The third kappa shape index (κ3) is 2.63. The molecule has 1 saturated heterocycles. The molecule has 2 heterocycles. The van der Waals surface area contributed by atoms with E-state index in [1.165, 1.54) is 0 Å². The van der Waals surface area contributed by atoms with Gasteiger partial charge < -0.3 is 15.0 Å². The highest BCUT2D eigenvalue weighted by molar-refractivity contribution is 6.30. The first kappa shape index (κ1) is 12.6. The standard InChI is InChI=1S/C13H14ClN3O2/c14-9-3-1-2-8(6-9)12-16-13(19-17-12)11-5-4-10(7-15)18-11/h1-3,6,10-11H,4-5,7,15H2. The molecular weight excluding hydrogens is 266 g/mol. The molecule has 0 saturated carbocycles. The summed E-state index contributed by atoms with van der Waals surface area (Å²) in [6, 6.07) is 7.34. The van der Waals surface area contributed by atoms with Gasteiger partial charge in [-0.2, -0.15) is 4.98 Å². The first-order valence-corrected chi connectivity index (χ1v) is 6.59. The summed E-state index contributed by atoms with van der Waals surface area (Å²) in [5.41, 5.74) is 6.41. The first-order valence-electron chi connectivity index (χ1n) is 6.21. The lowest BCUT2D eigenvalue weighted by molar-refractivity contribution is 0.0307. The van der Waals surface area contributed by atoms with Crippen LogP contribution in [0.5, 0.6) is 0 Å². The molecule has 3 rings (SSSR count). The van der Waals surface area contributed by atoms with E-state index in [0.717, 1.165) is 18.4 Å². The third-order valence-electron chi connectivity index (χ3n) is 3.17. The van der Waals surface area contributed by atoms with E-state index >= 15 is 0 Å². The Morgan fingerprint density at radius 2 is 2.26 bits per heavy atom. The third-order valence-corrected chi connectivity index (χ3v) is 3.41. The van der Waals surface area contributed by atoms with Crippen molar-refractivity contribution < 1.29 is 9.26 Å². The Morgan fingerprint density at radius 3 is 3.00 bits per heavy atom.